The molecule has 0 saturated carbocycles. The van der Waals surface area contributed by atoms with Gasteiger partial charge in [-0.2, -0.15) is 11.8 Å². The van der Waals surface area contributed by atoms with Crippen LogP contribution in [0.25, 0.3) is 0 Å². The van der Waals surface area contributed by atoms with E-state index in [0.29, 0.717) is 6.42 Å². The summed E-state index contributed by atoms with van der Waals surface area (Å²) in [6.45, 7) is 2.31. The van der Waals surface area contributed by atoms with Crippen molar-refractivity contribution in [3.63, 3.8) is 0 Å². The smallest absolute Gasteiger partial charge is 0.239 e. The van der Waals surface area contributed by atoms with Gasteiger partial charge in [-0.15, -0.1) is 0 Å². The maximum Gasteiger partial charge on any atom is 0.239 e. The summed E-state index contributed by atoms with van der Waals surface area (Å²) in [5.41, 5.74) is 7.09. The summed E-state index contributed by atoms with van der Waals surface area (Å²) in [6.07, 6.45) is 3.48. The van der Waals surface area contributed by atoms with Gasteiger partial charge in [0.05, 0.1) is 6.04 Å². The number of nitrogens with two attached hydrogens (primary N) is 1. The second-order valence-electron chi connectivity index (χ2n) is 5.58. The summed E-state index contributed by atoms with van der Waals surface area (Å²) in [7, 11) is 1.82. The fraction of sp³-hybridized carbons (Fsp3) is 0.562. The van der Waals surface area contributed by atoms with Crippen LogP contribution in [-0.2, 0) is 11.2 Å². The number of hydrogen-bond acceptors (Lipinski definition) is 5. The highest BCUT2D eigenvalue weighted by Crippen LogP contribution is 2.32. The van der Waals surface area contributed by atoms with Crippen molar-refractivity contribution in [2.45, 2.75) is 31.8 Å². The van der Waals surface area contributed by atoms with E-state index in [2.05, 4.69) is 0 Å². The Morgan fingerprint density at radius 1 is 1.41 bits per heavy atom. The van der Waals surface area contributed by atoms with Crippen molar-refractivity contribution in [3.8, 4) is 11.5 Å². The van der Waals surface area contributed by atoms with Gasteiger partial charge in [-0.25, -0.2) is 0 Å². The molecule has 2 rings (SSSR count). The zero-order valence-corrected chi connectivity index (χ0v) is 14.2. The molecule has 0 aromatic heterocycles. The van der Waals surface area contributed by atoms with Crippen molar-refractivity contribution in [1.29, 1.82) is 0 Å². The maximum atomic E-state index is 12.3. The van der Waals surface area contributed by atoms with E-state index in [4.69, 9.17) is 15.2 Å². The molecule has 2 atom stereocenters. The molecule has 0 radical (unpaired) electrons. The molecule has 0 fully saturated rings. The number of carbonyl (C=O) groups is 1. The summed E-state index contributed by atoms with van der Waals surface area (Å²) >= 11 is 1.70. The van der Waals surface area contributed by atoms with Crippen LogP contribution in [0, 0.1) is 0 Å². The number of fused-ring (bicyclic) bond motifs is 1. The molecule has 0 spiro atoms. The van der Waals surface area contributed by atoms with Gasteiger partial charge >= 0.3 is 0 Å². The largest absolute Gasteiger partial charge is 0.454 e. The third kappa shape index (κ3) is 4.08. The van der Waals surface area contributed by atoms with Crippen LogP contribution in [0.15, 0.2) is 18.2 Å². The third-order valence-electron chi connectivity index (χ3n) is 3.93. The second kappa shape index (κ2) is 7.74. The molecule has 1 heterocycles. The van der Waals surface area contributed by atoms with Gasteiger partial charge in [0.25, 0.3) is 0 Å². The Hall–Kier alpha value is -1.40. The number of hydrogen-bond donors (Lipinski definition) is 1. The Morgan fingerprint density at radius 2 is 2.14 bits per heavy atom. The Morgan fingerprint density at radius 3 is 2.86 bits per heavy atom. The summed E-state index contributed by atoms with van der Waals surface area (Å²) in [5, 5.41) is 0. The lowest BCUT2D eigenvalue weighted by atomic mass is 10.0. The first kappa shape index (κ1) is 17.0. The molecule has 1 unspecified atom stereocenters. The van der Waals surface area contributed by atoms with E-state index >= 15 is 0 Å². The van der Waals surface area contributed by atoms with Gasteiger partial charge in [-0.3, -0.25) is 4.79 Å². The van der Waals surface area contributed by atoms with E-state index in [9.17, 15) is 4.79 Å². The van der Waals surface area contributed by atoms with E-state index < -0.39 is 6.04 Å². The number of amides is 1. The van der Waals surface area contributed by atoms with Gasteiger partial charge in [0.1, 0.15) is 0 Å². The van der Waals surface area contributed by atoms with Crippen LogP contribution < -0.4 is 15.2 Å². The minimum Gasteiger partial charge on any atom is -0.454 e. The van der Waals surface area contributed by atoms with Crippen LogP contribution in [0.4, 0.5) is 0 Å². The number of nitrogens with zero attached hydrogens (tertiary/aromatic N) is 1. The molecular weight excluding hydrogens is 300 g/mol. The molecule has 122 valence electrons. The normalized spacial score (nSPS) is 15.5. The minimum absolute atomic E-state index is 0.00212. The number of thioether (sulfide) groups is 1. The molecule has 0 bridgehead atoms. The van der Waals surface area contributed by atoms with Crippen LogP contribution in [0.5, 0.6) is 11.5 Å². The molecule has 1 aliphatic rings. The van der Waals surface area contributed by atoms with Gasteiger partial charge in [0.15, 0.2) is 11.5 Å². The topological polar surface area (TPSA) is 64.8 Å². The Kier molecular flexibility index (Phi) is 5.97. The standard InChI is InChI=1S/C16H24N2O3S/c1-11(18(2)16(19)13(17)6-7-22-3)8-12-4-5-14-15(9-12)21-10-20-14/h4-5,9,11,13H,6-8,10,17H2,1-3H3/t11?,13-/m0/s1. The van der Waals surface area contributed by atoms with Gasteiger partial charge in [0, 0.05) is 13.1 Å². The van der Waals surface area contributed by atoms with E-state index in [-0.39, 0.29) is 18.7 Å². The first-order valence-electron chi connectivity index (χ1n) is 7.42. The van der Waals surface area contributed by atoms with Crippen LogP contribution in [0.2, 0.25) is 0 Å². The van der Waals surface area contributed by atoms with Crippen molar-refractivity contribution in [1.82, 2.24) is 4.90 Å². The highest BCUT2D eigenvalue weighted by Gasteiger charge is 2.22. The van der Waals surface area contributed by atoms with Crippen LogP contribution in [0.1, 0.15) is 18.9 Å². The average molecular weight is 324 g/mol. The van der Waals surface area contributed by atoms with Gasteiger partial charge < -0.3 is 20.1 Å². The molecule has 1 aromatic carbocycles. The van der Waals surface area contributed by atoms with Crippen molar-refractivity contribution in [2.75, 3.05) is 25.8 Å². The monoisotopic (exact) mass is 324 g/mol. The van der Waals surface area contributed by atoms with Crippen LogP contribution in [-0.4, -0.2) is 48.7 Å². The highest BCUT2D eigenvalue weighted by molar-refractivity contribution is 7.98. The van der Waals surface area contributed by atoms with Crippen molar-refractivity contribution in [2.24, 2.45) is 5.73 Å². The summed E-state index contributed by atoms with van der Waals surface area (Å²) < 4.78 is 10.7. The van der Waals surface area contributed by atoms with E-state index in [0.717, 1.165) is 29.2 Å². The first-order valence-corrected chi connectivity index (χ1v) is 8.82. The Balaban J connectivity index is 1.93. The fourth-order valence-corrected chi connectivity index (χ4v) is 2.88. The van der Waals surface area contributed by atoms with Gasteiger partial charge in [0.2, 0.25) is 12.7 Å². The number of ether oxygens (including phenoxy) is 2. The third-order valence-corrected chi connectivity index (χ3v) is 4.57. The molecule has 2 N–H and O–H groups in total. The minimum atomic E-state index is -0.420. The van der Waals surface area contributed by atoms with Gasteiger partial charge in [-0.1, -0.05) is 6.07 Å². The molecule has 5 nitrogen and oxygen atoms in total. The SMILES string of the molecule is CSCC[C@H](N)C(=O)N(C)C(C)Cc1ccc2c(c1)OCO2. The fourth-order valence-electron chi connectivity index (χ4n) is 2.39. The van der Waals surface area contributed by atoms with Crippen molar-refractivity contribution >= 4 is 17.7 Å². The van der Waals surface area contributed by atoms with E-state index in [1.54, 1.807) is 16.7 Å². The number of benzene rings is 1. The first-order chi connectivity index (χ1) is 10.5. The number of likely N-dealkylation sites (N-methyl/N-ethyl adjacent to an activating group) is 1. The van der Waals surface area contributed by atoms with Crippen molar-refractivity contribution < 1.29 is 14.3 Å². The molecule has 1 aromatic rings. The predicted molar refractivity (Wildman–Crippen MR) is 89.5 cm³/mol. The zero-order valence-electron chi connectivity index (χ0n) is 13.4. The summed E-state index contributed by atoms with van der Waals surface area (Å²) in [5.74, 6) is 2.45. The molecule has 0 saturated heterocycles. The van der Waals surface area contributed by atoms with Gasteiger partial charge in [-0.05, 0) is 49.5 Å². The van der Waals surface area contributed by atoms with Crippen molar-refractivity contribution in [3.05, 3.63) is 23.8 Å². The maximum absolute atomic E-state index is 12.3. The Bertz CT molecular complexity index is 524. The molecule has 1 amide bonds. The quantitative estimate of drug-likeness (QED) is 0.830. The number of carbonyl (C=O) groups excluding carboxylic acids is 1. The average Bonchev–Trinajstić information content (AvgIpc) is 2.98. The summed E-state index contributed by atoms with van der Waals surface area (Å²) in [4.78, 5) is 14.1. The lowest BCUT2D eigenvalue weighted by molar-refractivity contribution is -0.133. The zero-order chi connectivity index (χ0) is 16.1. The number of rotatable bonds is 7. The van der Waals surface area contributed by atoms with E-state index in [1.807, 2.05) is 38.4 Å². The Labute approximate surface area is 136 Å². The van der Waals surface area contributed by atoms with E-state index in [1.165, 1.54) is 0 Å². The van der Waals surface area contributed by atoms with Crippen LogP contribution in [0.3, 0.4) is 0 Å². The molecule has 0 aliphatic carbocycles. The lowest BCUT2D eigenvalue weighted by Gasteiger charge is -2.27. The molecule has 6 heteroatoms. The molecule has 22 heavy (non-hydrogen) atoms. The highest BCUT2D eigenvalue weighted by atomic mass is 32.2. The summed E-state index contributed by atoms with van der Waals surface area (Å²) in [6, 6.07) is 5.56. The molecular formula is C16H24N2O3S. The molecule has 1 aliphatic heterocycles. The second-order valence-corrected chi connectivity index (χ2v) is 6.56. The lowest BCUT2D eigenvalue weighted by Crippen LogP contribution is -2.46. The van der Waals surface area contributed by atoms with Crippen LogP contribution >= 0.6 is 11.8 Å². The predicted octanol–water partition coefficient (Wildman–Crippen LogP) is 1.89.